The first-order valence-corrected chi connectivity index (χ1v) is 6.44. The SMILES string of the molecule is CCC1(c2ccc(Br)cc2)CC(=O)NC(=O)C1. The molecule has 2 rings (SSSR count). The summed E-state index contributed by atoms with van der Waals surface area (Å²) in [6.07, 6.45) is 1.56. The summed E-state index contributed by atoms with van der Waals surface area (Å²) >= 11 is 3.39. The van der Waals surface area contributed by atoms with E-state index >= 15 is 0 Å². The minimum Gasteiger partial charge on any atom is -0.296 e. The molecule has 1 saturated heterocycles. The van der Waals surface area contributed by atoms with Crippen LogP contribution in [0.5, 0.6) is 0 Å². The van der Waals surface area contributed by atoms with Gasteiger partial charge >= 0.3 is 0 Å². The number of benzene rings is 1. The third kappa shape index (κ3) is 2.41. The van der Waals surface area contributed by atoms with Gasteiger partial charge in [-0.1, -0.05) is 35.0 Å². The van der Waals surface area contributed by atoms with Crippen molar-refractivity contribution in [1.82, 2.24) is 5.32 Å². The molecule has 0 unspecified atom stereocenters. The van der Waals surface area contributed by atoms with Gasteiger partial charge in [0.05, 0.1) is 0 Å². The number of rotatable bonds is 2. The van der Waals surface area contributed by atoms with Crippen LogP contribution in [0.25, 0.3) is 0 Å². The molecular formula is C13H14BrNO2. The number of amides is 2. The highest BCUT2D eigenvalue weighted by Crippen LogP contribution is 2.37. The Hall–Kier alpha value is -1.16. The van der Waals surface area contributed by atoms with Crippen LogP contribution >= 0.6 is 15.9 Å². The molecule has 0 saturated carbocycles. The molecule has 1 aliphatic heterocycles. The van der Waals surface area contributed by atoms with Gasteiger partial charge in [0.15, 0.2) is 0 Å². The molecule has 0 bridgehead atoms. The molecular weight excluding hydrogens is 282 g/mol. The largest absolute Gasteiger partial charge is 0.296 e. The molecule has 0 radical (unpaired) electrons. The zero-order valence-corrected chi connectivity index (χ0v) is 11.2. The fourth-order valence-electron chi connectivity index (χ4n) is 2.38. The lowest BCUT2D eigenvalue weighted by atomic mass is 9.71. The summed E-state index contributed by atoms with van der Waals surface area (Å²) in [6, 6.07) is 7.87. The Labute approximate surface area is 109 Å². The van der Waals surface area contributed by atoms with E-state index in [9.17, 15) is 9.59 Å². The molecule has 1 aliphatic rings. The highest BCUT2D eigenvalue weighted by atomic mass is 79.9. The van der Waals surface area contributed by atoms with Crippen LogP contribution in [0.4, 0.5) is 0 Å². The maximum absolute atomic E-state index is 11.5. The molecule has 4 heteroatoms. The minimum atomic E-state index is -0.333. The Morgan fingerprint density at radius 3 is 2.18 bits per heavy atom. The summed E-state index contributed by atoms with van der Waals surface area (Å²) in [4.78, 5) is 23.1. The zero-order chi connectivity index (χ0) is 12.5. The Bertz CT molecular complexity index is 437. The van der Waals surface area contributed by atoms with E-state index in [1.807, 2.05) is 31.2 Å². The number of piperidine rings is 1. The molecule has 3 nitrogen and oxygen atoms in total. The fourth-order valence-corrected chi connectivity index (χ4v) is 2.65. The van der Waals surface area contributed by atoms with Crippen molar-refractivity contribution in [2.75, 3.05) is 0 Å². The molecule has 90 valence electrons. The Morgan fingerprint density at radius 1 is 1.18 bits per heavy atom. The first-order valence-electron chi connectivity index (χ1n) is 5.64. The zero-order valence-electron chi connectivity index (χ0n) is 9.63. The van der Waals surface area contributed by atoms with Crippen molar-refractivity contribution >= 4 is 27.7 Å². The van der Waals surface area contributed by atoms with Gasteiger partial charge in [-0.15, -0.1) is 0 Å². The number of carbonyl (C=O) groups is 2. The Balaban J connectivity index is 2.39. The number of hydrogen-bond acceptors (Lipinski definition) is 2. The van der Waals surface area contributed by atoms with Crippen LogP contribution in [-0.4, -0.2) is 11.8 Å². The van der Waals surface area contributed by atoms with Gasteiger partial charge in [-0.3, -0.25) is 14.9 Å². The molecule has 0 aliphatic carbocycles. The van der Waals surface area contributed by atoms with Gasteiger partial charge in [-0.25, -0.2) is 0 Å². The van der Waals surface area contributed by atoms with Crippen molar-refractivity contribution in [2.45, 2.75) is 31.6 Å². The molecule has 1 N–H and O–H groups in total. The quantitative estimate of drug-likeness (QED) is 0.852. The van der Waals surface area contributed by atoms with Crippen molar-refractivity contribution in [1.29, 1.82) is 0 Å². The van der Waals surface area contributed by atoms with E-state index in [4.69, 9.17) is 0 Å². The van der Waals surface area contributed by atoms with Crippen LogP contribution in [0.15, 0.2) is 28.7 Å². The van der Waals surface area contributed by atoms with Crippen LogP contribution in [0.2, 0.25) is 0 Å². The second-order valence-electron chi connectivity index (χ2n) is 4.47. The van der Waals surface area contributed by atoms with Gasteiger partial charge < -0.3 is 0 Å². The lowest BCUT2D eigenvalue weighted by molar-refractivity contribution is -0.135. The average molecular weight is 296 g/mol. The molecule has 0 atom stereocenters. The number of carbonyl (C=O) groups excluding carboxylic acids is 2. The minimum absolute atomic E-state index is 0.175. The van der Waals surface area contributed by atoms with Crippen molar-refractivity contribution in [3.05, 3.63) is 34.3 Å². The Morgan fingerprint density at radius 2 is 1.71 bits per heavy atom. The van der Waals surface area contributed by atoms with Crippen LogP contribution in [0.3, 0.4) is 0 Å². The average Bonchev–Trinajstić information content (AvgIpc) is 2.28. The summed E-state index contributed by atoms with van der Waals surface area (Å²) in [5.41, 5.74) is 0.728. The first-order chi connectivity index (χ1) is 8.05. The van der Waals surface area contributed by atoms with E-state index in [1.54, 1.807) is 0 Å². The highest BCUT2D eigenvalue weighted by Gasteiger charge is 2.39. The fraction of sp³-hybridized carbons (Fsp3) is 0.385. The van der Waals surface area contributed by atoms with Crippen LogP contribution < -0.4 is 5.32 Å². The second kappa shape index (κ2) is 4.61. The molecule has 0 spiro atoms. The van der Waals surface area contributed by atoms with Gasteiger partial charge in [0.25, 0.3) is 0 Å². The van der Waals surface area contributed by atoms with Crippen LogP contribution in [-0.2, 0) is 15.0 Å². The van der Waals surface area contributed by atoms with E-state index < -0.39 is 0 Å². The van der Waals surface area contributed by atoms with Crippen molar-refractivity contribution < 1.29 is 9.59 Å². The maximum atomic E-state index is 11.5. The third-order valence-corrected chi connectivity index (χ3v) is 3.94. The summed E-state index contributed by atoms with van der Waals surface area (Å²) in [7, 11) is 0. The van der Waals surface area contributed by atoms with Gasteiger partial charge in [0.2, 0.25) is 11.8 Å². The normalized spacial score (nSPS) is 18.9. The molecule has 17 heavy (non-hydrogen) atoms. The van der Waals surface area contributed by atoms with Gasteiger partial charge in [-0.2, -0.15) is 0 Å². The van der Waals surface area contributed by atoms with Gasteiger partial charge in [0, 0.05) is 22.7 Å². The van der Waals surface area contributed by atoms with Crippen LogP contribution in [0.1, 0.15) is 31.7 Å². The third-order valence-electron chi connectivity index (χ3n) is 3.41. The van der Waals surface area contributed by atoms with E-state index in [0.717, 1.165) is 16.5 Å². The molecule has 2 amide bonds. The van der Waals surface area contributed by atoms with E-state index in [2.05, 4.69) is 21.2 Å². The van der Waals surface area contributed by atoms with Crippen LogP contribution in [0, 0.1) is 0 Å². The highest BCUT2D eigenvalue weighted by molar-refractivity contribution is 9.10. The van der Waals surface area contributed by atoms with Crippen molar-refractivity contribution in [3.8, 4) is 0 Å². The van der Waals surface area contributed by atoms with Gasteiger partial charge in [-0.05, 0) is 24.1 Å². The smallest absolute Gasteiger partial charge is 0.227 e. The predicted molar refractivity (Wildman–Crippen MR) is 68.5 cm³/mol. The van der Waals surface area contributed by atoms with E-state index in [1.165, 1.54) is 0 Å². The first kappa shape index (κ1) is 12.3. The van der Waals surface area contributed by atoms with Crippen molar-refractivity contribution in [2.24, 2.45) is 0 Å². The molecule has 1 aromatic rings. The molecule has 1 fully saturated rings. The number of hydrogen-bond donors (Lipinski definition) is 1. The van der Waals surface area contributed by atoms with E-state index in [-0.39, 0.29) is 17.2 Å². The molecule has 1 heterocycles. The second-order valence-corrected chi connectivity index (χ2v) is 5.38. The standard InChI is InChI=1S/C13H14BrNO2/c1-2-13(7-11(16)15-12(17)8-13)9-3-5-10(14)6-4-9/h3-6H,2,7-8H2,1H3,(H,15,16,17). The summed E-state index contributed by atoms with van der Waals surface area (Å²) < 4.78 is 0.999. The molecule has 1 aromatic carbocycles. The Kier molecular flexibility index (Phi) is 3.33. The summed E-state index contributed by atoms with van der Waals surface area (Å²) in [5, 5.41) is 2.36. The lowest BCUT2D eigenvalue weighted by Crippen LogP contribution is -2.46. The lowest BCUT2D eigenvalue weighted by Gasteiger charge is -2.35. The monoisotopic (exact) mass is 295 g/mol. The van der Waals surface area contributed by atoms with E-state index in [0.29, 0.717) is 12.8 Å². The summed E-state index contributed by atoms with van der Waals surface area (Å²) in [5.74, 6) is -0.350. The number of nitrogens with one attached hydrogen (secondary N) is 1. The van der Waals surface area contributed by atoms with Gasteiger partial charge in [0.1, 0.15) is 0 Å². The van der Waals surface area contributed by atoms with Crippen molar-refractivity contribution in [3.63, 3.8) is 0 Å². The number of halogens is 1. The molecule has 0 aromatic heterocycles. The number of imide groups is 1. The predicted octanol–water partition coefficient (Wildman–Crippen LogP) is 2.53. The summed E-state index contributed by atoms with van der Waals surface area (Å²) in [6.45, 7) is 2.02. The maximum Gasteiger partial charge on any atom is 0.227 e. The topological polar surface area (TPSA) is 46.2 Å².